The number of guanidine groups is 1. The molecule has 0 aliphatic carbocycles. The molecule has 0 fully saturated rings. The number of aryl methyl sites for hydroxylation is 1. The fraction of sp³-hybridized carbons (Fsp3) is 0.562. The van der Waals surface area contributed by atoms with Crippen LogP contribution in [0, 0.1) is 6.92 Å². The van der Waals surface area contributed by atoms with Crippen LogP contribution in [-0.2, 0) is 16.6 Å². The number of hydrogen-bond donors (Lipinski definition) is 2. The topological polar surface area (TPSA) is 73.8 Å². The fourth-order valence-electron chi connectivity index (χ4n) is 2.23. The third-order valence-corrected chi connectivity index (χ3v) is 5.01. The van der Waals surface area contributed by atoms with Crippen LogP contribution in [0.4, 0.5) is 0 Å². The van der Waals surface area contributed by atoms with Crippen molar-refractivity contribution in [3.63, 3.8) is 0 Å². The molecule has 1 aromatic rings. The van der Waals surface area contributed by atoms with Crippen molar-refractivity contribution in [2.45, 2.75) is 26.8 Å². The van der Waals surface area contributed by atoms with Gasteiger partial charge in [0.1, 0.15) is 0 Å². The van der Waals surface area contributed by atoms with Gasteiger partial charge in [0, 0.05) is 33.2 Å². The normalized spacial score (nSPS) is 12.5. The zero-order valence-electron chi connectivity index (χ0n) is 14.5. The smallest absolute Gasteiger partial charge is 0.211 e. The Morgan fingerprint density at radius 2 is 1.96 bits per heavy atom. The Kier molecular flexibility index (Phi) is 8.05. The van der Waals surface area contributed by atoms with Crippen molar-refractivity contribution in [3.05, 3.63) is 35.4 Å². The summed E-state index contributed by atoms with van der Waals surface area (Å²) in [6, 6.07) is 8.20. The Labute approximate surface area is 140 Å². The van der Waals surface area contributed by atoms with Crippen LogP contribution in [-0.4, -0.2) is 51.6 Å². The molecule has 2 N–H and O–H groups in total. The number of aliphatic imine (C=N–C) groups is 1. The summed E-state index contributed by atoms with van der Waals surface area (Å²) in [6.45, 7) is 6.31. The monoisotopic (exact) mass is 340 g/mol. The van der Waals surface area contributed by atoms with Gasteiger partial charge < -0.3 is 10.6 Å². The second kappa shape index (κ2) is 9.52. The third-order valence-electron chi connectivity index (χ3n) is 3.63. The van der Waals surface area contributed by atoms with Gasteiger partial charge in [-0.2, -0.15) is 0 Å². The molecule has 0 spiro atoms. The highest BCUT2D eigenvalue weighted by Gasteiger charge is 2.13. The van der Waals surface area contributed by atoms with Crippen LogP contribution >= 0.6 is 0 Å². The van der Waals surface area contributed by atoms with Crippen LogP contribution in [0.2, 0.25) is 0 Å². The molecule has 0 bridgehead atoms. The molecule has 0 aliphatic rings. The van der Waals surface area contributed by atoms with Gasteiger partial charge >= 0.3 is 0 Å². The van der Waals surface area contributed by atoms with E-state index in [0.717, 1.165) is 12.4 Å². The van der Waals surface area contributed by atoms with E-state index in [2.05, 4.69) is 34.7 Å². The van der Waals surface area contributed by atoms with Crippen LogP contribution in [0.5, 0.6) is 0 Å². The molecule has 0 amide bonds. The lowest BCUT2D eigenvalue weighted by molar-refractivity contribution is 0.424. The highest BCUT2D eigenvalue weighted by Crippen LogP contribution is 2.05. The van der Waals surface area contributed by atoms with E-state index in [9.17, 15) is 8.42 Å². The third kappa shape index (κ3) is 7.00. The largest absolute Gasteiger partial charge is 0.356 e. The van der Waals surface area contributed by atoms with E-state index in [4.69, 9.17) is 0 Å². The van der Waals surface area contributed by atoms with Gasteiger partial charge in [-0.3, -0.25) is 4.99 Å². The minimum Gasteiger partial charge on any atom is -0.356 e. The number of benzene rings is 1. The number of hydrogen-bond acceptors (Lipinski definition) is 3. The summed E-state index contributed by atoms with van der Waals surface area (Å²) in [5.41, 5.74) is 2.46. The Morgan fingerprint density at radius 1 is 1.26 bits per heavy atom. The molecule has 1 rings (SSSR count). The highest BCUT2D eigenvalue weighted by atomic mass is 32.2. The predicted molar refractivity (Wildman–Crippen MR) is 96.1 cm³/mol. The summed E-state index contributed by atoms with van der Waals surface area (Å²) in [5.74, 6) is 0.718. The average Bonchev–Trinajstić information content (AvgIpc) is 2.50. The molecular formula is C16H28N4O2S. The first kappa shape index (κ1) is 19.4. The Bertz CT molecular complexity index is 614. The summed E-state index contributed by atoms with van der Waals surface area (Å²) in [4.78, 5) is 4.18. The van der Waals surface area contributed by atoms with Gasteiger partial charge in [0.25, 0.3) is 0 Å². The Morgan fingerprint density at radius 3 is 2.52 bits per heavy atom. The summed E-state index contributed by atoms with van der Waals surface area (Å²) in [6.07, 6.45) is 1.97. The van der Waals surface area contributed by atoms with Gasteiger partial charge in [-0.05, 0) is 24.5 Å². The molecule has 0 heterocycles. The molecule has 7 heteroatoms. The molecule has 0 unspecified atom stereocenters. The molecule has 0 aliphatic heterocycles. The highest BCUT2D eigenvalue weighted by molar-refractivity contribution is 7.88. The number of rotatable bonds is 8. The first-order valence-electron chi connectivity index (χ1n) is 7.82. The molecule has 0 radical (unpaired) electrons. The van der Waals surface area contributed by atoms with Crippen LogP contribution in [0.15, 0.2) is 29.3 Å². The fourth-order valence-corrected chi connectivity index (χ4v) is 3.16. The van der Waals surface area contributed by atoms with E-state index in [1.807, 2.05) is 19.1 Å². The summed E-state index contributed by atoms with van der Waals surface area (Å²) >= 11 is 0. The van der Waals surface area contributed by atoms with Gasteiger partial charge in [0.2, 0.25) is 10.0 Å². The molecule has 0 atom stereocenters. The molecule has 23 heavy (non-hydrogen) atoms. The van der Waals surface area contributed by atoms with E-state index in [1.165, 1.54) is 21.7 Å². The van der Waals surface area contributed by atoms with E-state index in [-0.39, 0.29) is 0 Å². The quantitative estimate of drug-likeness (QED) is 0.425. The minimum atomic E-state index is -3.11. The van der Waals surface area contributed by atoms with E-state index < -0.39 is 10.0 Å². The van der Waals surface area contributed by atoms with Crippen molar-refractivity contribution in [2.75, 3.05) is 32.9 Å². The second-order valence-electron chi connectivity index (χ2n) is 5.39. The predicted octanol–water partition coefficient (Wildman–Crippen LogP) is 1.33. The van der Waals surface area contributed by atoms with Crippen molar-refractivity contribution in [1.29, 1.82) is 0 Å². The molecule has 0 saturated heterocycles. The van der Waals surface area contributed by atoms with Crippen LogP contribution in [0.3, 0.4) is 0 Å². The molecule has 1 aromatic carbocycles. The molecule has 6 nitrogen and oxygen atoms in total. The van der Waals surface area contributed by atoms with Crippen molar-refractivity contribution in [1.82, 2.24) is 14.9 Å². The van der Waals surface area contributed by atoms with E-state index in [0.29, 0.717) is 26.2 Å². The summed E-state index contributed by atoms with van der Waals surface area (Å²) < 4.78 is 24.5. The number of sulfonamides is 1. The zero-order chi connectivity index (χ0) is 17.3. The molecular weight excluding hydrogens is 312 g/mol. The standard InChI is InChI=1S/C16H28N4O2S/c1-5-20(23(4,21)22)12-8-11-18-16(17-3)19-13-15-10-7-6-9-14(15)2/h6-7,9-10H,5,8,11-13H2,1-4H3,(H2,17,18,19). The molecule has 130 valence electrons. The first-order chi connectivity index (χ1) is 10.9. The number of nitrogens with zero attached hydrogens (tertiary/aromatic N) is 2. The lowest BCUT2D eigenvalue weighted by atomic mass is 10.1. The van der Waals surface area contributed by atoms with Crippen LogP contribution < -0.4 is 10.6 Å². The van der Waals surface area contributed by atoms with Crippen LogP contribution in [0.25, 0.3) is 0 Å². The van der Waals surface area contributed by atoms with Gasteiger partial charge in [0.15, 0.2) is 5.96 Å². The first-order valence-corrected chi connectivity index (χ1v) is 9.67. The average molecular weight is 340 g/mol. The molecule has 0 saturated carbocycles. The van der Waals surface area contributed by atoms with E-state index in [1.54, 1.807) is 7.05 Å². The van der Waals surface area contributed by atoms with Gasteiger partial charge in [-0.15, -0.1) is 0 Å². The van der Waals surface area contributed by atoms with Gasteiger partial charge in [-0.25, -0.2) is 12.7 Å². The van der Waals surface area contributed by atoms with Crippen molar-refractivity contribution >= 4 is 16.0 Å². The Hall–Kier alpha value is -1.60. The van der Waals surface area contributed by atoms with Crippen molar-refractivity contribution in [3.8, 4) is 0 Å². The maximum absolute atomic E-state index is 11.5. The summed E-state index contributed by atoms with van der Waals surface area (Å²) in [5, 5.41) is 6.47. The second-order valence-corrected chi connectivity index (χ2v) is 7.37. The van der Waals surface area contributed by atoms with Gasteiger partial charge in [-0.1, -0.05) is 31.2 Å². The van der Waals surface area contributed by atoms with Crippen molar-refractivity contribution in [2.24, 2.45) is 4.99 Å². The summed E-state index contributed by atoms with van der Waals surface area (Å²) in [7, 11) is -1.39. The molecule has 0 aromatic heterocycles. The maximum Gasteiger partial charge on any atom is 0.211 e. The van der Waals surface area contributed by atoms with E-state index >= 15 is 0 Å². The lowest BCUT2D eigenvalue weighted by Gasteiger charge is -2.18. The van der Waals surface area contributed by atoms with Crippen LogP contribution in [0.1, 0.15) is 24.5 Å². The maximum atomic E-state index is 11.5. The Balaban J connectivity index is 2.36. The number of nitrogens with one attached hydrogen (secondary N) is 2. The SMILES string of the molecule is CCN(CCCNC(=NC)NCc1ccccc1C)S(C)(=O)=O. The van der Waals surface area contributed by atoms with Gasteiger partial charge in [0.05, 0.1) is 6.26 Å². The zero-order valence-corrected chi connectivity index (χ0v) is 15.3. The minimum absolute atomic E-state index is 0.499. The van der Waals surface area contributed by atoms with Crippen molar-refractivity contribution < 1.29 is 8.42 Å². The lowest BCUT2D eigenvalue weighted by Crippen LogP contribution is -2.39.